The molecule has 0 heterocycles. The number of carbonyl (C=O) groups is 1. The second-order valence-corrected chi connectivity index (χ2v) is 8.36. The van der Waals surface area contributed by atoms with E-state index in [4.69, 9.17) is 11.6 Å². The molecule has 8 heteroatoms. The first-order valence-corrected chi connectivity index (χ1v) is 10.1. The molecule has 0 spiro atoms. The molecule has 1 unspecified atom stereocenters. The topological polar surface area (TPSA) is 75.3 Å². The first-order valence-electron chi connectivity index (χ1n) is 6.99. The highest BCUT2D eigenvalue weighted by Gasteiger charge is 2.15. The number of hydrogen-bond donors (Lipinski definition) is 2. The van der Waals surface area contributed by atoms with Gasteiger partial charge in [-0.25, -0.2) is 8.42 Å². The lowest BCUT2D eigenvalue weighted by atomic mass is 10.1. The van der Waals surface area contributed by atoms with Crippen LogP contribution in [-0.2, 0) is 10.0 Å². The first kappa shape index (κ1) is 18.8. The van der Waals surface area contributed by atoms with Crippen molar-refractivity contribution in [2.45, 2.75) is 13.0 Å². The van der Waals surface area contributed by atoms with Crippen LogP contribution >= 0.6 is 27.5 Å². The van der Waals surface area contributed by atoms with E-state index in [2.05, 4.69) is 26.0 Å². The molecule has 128 valence electrons. The molecule has 0 aliphatic carbocycles. The van der Waals surface area contributed by atoms with Gasteiger partial charge < -0.3 is 5.32 Å². The maximum absolute atomic E-state index is 12.4. The Morgan fingerprint density at radius 1 is 1.21 bits per heavy atom. The molecule has 0 aliphatic heterocycles. The maximum atomic E-state index is 12.4. The van der Waals surface area contributed by atoms with Crippen molar-refractivity contribution in [2.24, 2.45) is 0 Å². The lowest BCUT2D eigenvalue weighted by molar-refractivity contribution is 0.0939. The molecule has 2 aromatic rings. The molecular formula is C16H16BrClN2O3S. The van der Waals surface area contributed by atoms with Gasteiger partial charge in [0, 0.05) is 15.2 Å². The average Bonchev–Trinajstić information content (AvgIpc) is 2.48. The Kier molecular flexibility index (Phi) is 5.90. The van der Waals surface area contributed by atoms with E-state index in [-0.39, 0.29) is 11.9 Å². The molecular weight excluding hydrogens is 416 g/mol. The Morgan fingerprint density at radius 2 is 1.92 bits per heavy atom. The predicted molar refractivity (Wildman–Crippen MR) is 99.9 cm³/mol. The van der Waals surface area contributed by atoms with Crippen molar-refractivity contribution in [3.63, 3.8) is 0 Å². The number of amides is 1. The third kappa shape index (κ3) is 5.22. The van der Waals surface area contributed by atoms with Crippen molar-refractivity contribution < 1.29 is 13.2 Å². The van der Waals surface area contributed by atoms with Crippen LogP contribution in [0.15, 0.2) is 46.9 Å². The summed E-state index contributed by atoms with van der Waals surface area (Å²) in [6.45, 7) is 1.82. The van der Waals surface area contributed by atoms with Crippen LogP contribution in [0.5, 0.6) is 0 Å². The van der Waals surface area contributed by atoms with Crippen LogP contribution in [0.1, 0.15) is 28.9 Å². The molecule has 0 bridgehead atoms. The largest absolute Gasteiger partial charge is 0.345 e. The lowest BCUT2D eigenvalue weighted by Gasteiger charge is -2.16. The number of hydrogen-bond acceptors (Lipinski definition) is 3. The molecule has 1 amide bonds. The van der Waals surface area contributed by atoms with Crippen LogP contribution in [0.25, 0.3) is 0 Å². The standard InChI is InChI=1S/C16H16BrClN2O3S/c1-10(11-4-3-5-13(8-11)20-24(2,22)23)19-16(21)14-9-12(18)6-7-15(14)17/h3-10,20H,1-2H3,(H,19,21). The van der Waals surface area contributed by atoms with Crippen molar-refractivity contribution >= 4 is 49.1 Å². The molecule has 5 nitrogen and oxygen atoms in total. The van der Waals surface area contributed by atoms with Crippen LogP contribution in [-0.4, -0.2) is 20.6 Å². The van der Waals surface area contributed by atoms with Crippen molar-refractivity contribution in [3.05, 3.63) is 63.1 Å². The van der Waals surface area contributed by atoms with Gasteiger partial charge in [-0.1, -0.05) is 23.7 Å². The fourth-order valence-electron chi connectivity index (χ4n) is 2.11. The second kappa shape index (κ2) is 7.55. The summed E-state index contributed by atoms with van der Waals surface area (Å²) in [5.41, 5.74) is 1.65. The van der Waals surface area contributed by atoms with Gasteiger partial charge in [0.15, 0.2) is 0 Å². The van der Waals surface area contributed by atoms with Crippen molar-refractivity contribution in [1.82, 2.24) is 5.32 Å². The number of carbonyl (C=O) groups excluding carboxylic acids is 1. The minimum absolute atomic E-state index is 0.279. The van der Waals surface area contributed by atoms with Gasteiger partial charge in [0.05, 0.1) is 17.9 Å². The zero-order valence-electron chi connectivity index (χ0n) is 13.0. The number of sulfonamides is 1. The van der Waals surface area contributed by atoms with Gasteiger partial charge >= 0.3 is 0 Å². The van der Waals surface area contributed by atoms with Crippen LogP contribution in [0.2, 0.25) is 5.02 Å². The van der Waals surface area contributed by atoms with Crippen LogP contribution in [0.3, 0.4) is 0 Å². The predicted octanol–water partition coefficient (Wildman–Crippen LogP) is 3.97. The molecule has 2 rings (SSSR count). The summed E-state index contributed by atoms with van der Waals surface area (Å²) in [6, 6.07) is 11.5. The van der Waals surface area contributed by atoms with E-state index >= 15 is 0 Å². The second-order valence-electron chi connectivity index (χ2n) is 5.32. The van der Waals surface area contributed by atoms with Gasteiger partial charge in [-0.05, 0) is 58.7 Å². The minimum atomic E-state index is -3.35. The van der Waals surface area contributed by atoms with E-state index in [1.165, 1.54) is 0 Å². The fraction of sp³-hybridized carbons (Fsp3) is 0.188. The molecule has 0 aromatic heterocycles. The first-order chi connectivity index (χ1) is 11.2. The summed E-state index contributed by atoms with van der Waals surface area (Å²) >= 11 is 9.26. The highest BCUT2D eigenvalue weighted by Crippen LogP contribution is 2.23. The Hall–Kier alpha value is -1.57. The summed E-state index contributed by atoms with van der Waals surface area (Å²) in [5, 5.41) is 3.33. The van der Waals surface area contributed by atoms with Crippen molar-refractivity contribution in [3.8, 4) is 0 Å². The van der Waals surface area contributed by atoms with Crippen LogP contribution < -0.4 is 10.0 Å². The molecule has 24 heavy (non-hydrogen) atoms. The quantitative estimate of drug-likeness (QED) is 0.752. The number of nitrogens with one attached hydrogen (secondary N) is 2. The fourth-order valence-corrected chi connectivity index (χ4v) is 3.27. The molecule has 1 atom stereocenters. The molecule has 0 saturated carbocycles. The van der Waals surface area contributed by atoms with Gasteiger partial charge in [-0.3, -0.25) is 9.52 Å². The van der Waals surface area contributed by atoms with Crippen LogP contribution in [0.4, 0.5) is 5.69 Å². The monoisotopic (exact) mass is 430 g/mol. The van der Waals surface area contributed by atoms with Crippen LogP contribution in [0, 0.1) is 0 Å². The van der Waals surface area contributed by atoms with Gasteiger partial charge in [0.1, 0.15) is 0 Å². The molecule has 0 saturated heterocycles. The molecule has 0 aliphatic rings. The lowest BCUT2D eigenvalue weighted by Crippen LogP contribution is -2.27. The van der Waals surface area contributed by atoms with E-state index in [9.17, 15) is 13.2 Å². The van der Waals surface area contributed by atoms with Gasteiger partial charge in [0.2, 0.25) is 10.0 Å². The maximum Gasteiger partial charge on any atom is 0.252 e. The summed E-state index contributed by atoms with van der Waals surface area (Å²) in [5.74, 6) is -0.279. The molecule has 0 radical (unpaired) electrons. The Bertz CT molecular complexity index is 871. The van der Waals surface area contributed by atoms with E-state index in [0.717, 1.165) is 11.8 Å². The zero-order chi connectivity index (χ0) is 17.9. The smallest absolute Gasteiger partial charge is 0.252 e. The van der Waals surface area contributed by atoms with E-state index in [1.54, 1.807) is 36.4 Å². The average molecular weight is 432 g/mol. The van der Waals surface area contributed by atoms with Gasteiger partial charge in [0.25, 0.3) is 5.91 Å². The molecule has 2 N–H and O–H groups in total. The number of anilines is 1. The summed E-state index contributed by atoms with van der Waals surface area (Å²) < 4.78 is 25.7. The molecule has 0 fully saturated rings. The normalized spacial score (nSPS) is 12.5. The Morgan fingerprint density at radius 3 is 2.58 bits per heavy atom. The summed E-state index contributed by atoms with van der Waals surface area (Å²) in [6.07, 6.45) is 1.08. The SMILES string of the molecule is CC(NC(=O)c1cc(Cl)ccc1Br)c1cccc(NS(C)(=O)=O)c1. The number of benzene rings is 2. The summed E-state index contributed by atoms with van der Waals surface area (Å²) in [7, 11) is -3.35. The van der Waals surface area contributed by atoms with Crippen molar-refractivity contribution in [2.75, 3.05) is 11.0 Å². The van der Waals surface area contributed by atoms with E-state index < -0.39 is 10.0 Å². The minimum Gasteiger partial charge on any atom is -0.345 e. The molecule has 2 aromatic carbocycles. The third-order valence-corrected chi connectivity index (χ3v) is 4.74. The van der Waals surface area contributed by atoms with E-state index in [1.807, 2.05) is 13.0 Å². The highest BCUT2D eigenvalue weighted by atomic mass is 79.9. The van der Waals surface area contributed by atoms with Gasteiger partial charge in [-0.2, -0.15) is 0 Å². The highest BCUT2D eigenvalue weighted by molar-refractivity contribution is 9.10. The Balaban J connectivity index is 2.17. The third-order valence-electron chi connectivity index (χ3n) is 3.21. The van der Waals surface area contributed by atoms with Gasteiger partial charge in [-0.15, -0.1) is 0 Å². The van der Waals surface area contributed by atoms with Crippen molar-refractivity contribution in [1.29, 1.82) is 0 Å². The van der Waals surface area contributed by atoms with E-state index in [0.29, 0.717) is 20.7 Å². The summed E-state index contributed by atoms with van der Waals surface area (Å²) in [4.78, 5) is 12.4. The number of halogens is 2. The Labute approximate surface area is 154 Å². The zero-order valence-corrected chi connectivity index (χ0v) is 16.2. The number of rotatable bonds is 5.